The first kappa shape index (κ1) is 23.5. The number of hydrogen-bond acceptors (Lipinski definition) is 7. The summed E-state index contributed by atoms with van der Waals surface area (Å²) >= 11 is 6.02. The van der Waals surface area contributed by atoms with Crippen LogP contribution >= 0.6 is 11.6 Å². The molecule has 7 rings (SSSR count). The number of rotatable bonds is 6. The molecule has 4 saturated carbocycles. The van der Waals surface area contributed by atoms with Gasteiger partial charge in [-0.3, -0.25) is 4.79 Å². The number of carbonyl (C=O) groups is 1. The van der Waals surface area contributed by atoms with Crippen molar-refractivity contribution in [3.8, 4) is 0 Å². The summed E-state index contributed by atoms with van der Waals surface area (Å²) in [5.41, 5.74) is 0.964. The molecule has 0 aliphatic heterocycles. The molecule has 12 heteroatoms. The predicted molar refractivity (Wildman–Crippen MR) is 131 cm³/mol. The van der Waals surface area contributed by atoms with Crippen LogP contribution in [-0.4, -0.2) is 34.2 Å². The van der Waals surface area contributed by atoms with Gasteiger partial charge in [0.15, 0.2) is 0 Å². The van der Waals surface area contributed by atoms with E-state index in [2.05, 4.69) is 25.3 Å². The maximum absolute atomic E-state index is 13.7. The number of amides is 1. The quantitative estimate of drug-likeness (QED) is 0.481. The highest BCUT2D eigenvalue weighted by Crippen LogP contribution is 2.64. The van der Waals surface area contributed by atoms with E-state index in [1.54, 1.807) is 32.3 Å². The van der Waals surface area contributed by atoms with Gasteiger partial charge in [-0.15, -0.1) is 5.10 Å². The van der Waals surface area contributed by atoms with Gasteiger partial charge >= 0.3 is 0 Å². The summed E-state index contributed by atoms with van der Waals surface area (Å²) in [6.45, 7) is 3.42. The summed E-state index contributed by atoms with van der Waals surface area (Å²) in [7, 11) is -3.99. The van der Waals surface area contributed by atoms with Crippen molar-refractivity contribution in [2.24, 2.45) is 17.3 Å². The van der Waals surface area contributed by atoms with Gasteiger partial charge in [-0.1, -0.05) is 5.16 Å². The second kappa shape index (κ2) is 8.04. The third-order valence-electron chi connectivity index (χ3n) is 8.21. The molecule has 0 radical (unpaired) electrons. The third-order valence-corrected chi connectivity index (χ3v) is 9.65. The Hall–Kier alpha value is -2.92. The van der Waals surface area contributed by atoms with E-state index in [-0.39, 0.29) is 27.5 Å². The van der Waals surface area contributed by atoms with E-state index in [4.69, 9.17) is 16.1 Å². The lowest BCUT2D eigenvalue weighted by Gasteiger charge is -2.60. The van der Waals surface area contributed by atoms with Crippen LogP contribution < -0.4 is 5.32 Å². The lowest BCUT2D eigenvalue weighted by atomic mass is 9.46. The molecule has 0 saturated heterocycles. The average molecular weight is 530 g/mol. The van der Waals surface area contributed by atoms with Crippen molar-refractivity contribution < 1.29 is 17.7 Å². The minimum absolute atomic E-state index is 0.00534. The Morgan fingerprint density at radius 3 is 2.44 bits per heavy atom. The maximum atomic E-state index is 13.7. The van der Waals surface area contributed by atoms with Crippen molar-refractivity contribution >= 4 is 39.1 Å². The van der Waals surface area contributed by atoms with Crippen molar-refractivity contribution in [2.45, 2.75) is 62.8 Å². The van der Waals surface area contributed by atoms with Gasteiger partial charge in [-0.05, 0) is 106 Å². The molecule has 3 aromatic rings. The van der Waals surface area contributed by atoms with Gasteiger partial charge in [-0.2, -0.15) is 0 Å². The number of carbonyl (C=O) groups excluding carboxylic acids is 1. The van der Waals surface area contributed by atoms with Crippen molar-refractivity contribution in [2.75, 3.05) is 5.32 Å². The number of benzene rings is 1. The lowest BCUT2D eigenvalue weighted by Crippen LogP contribution is -2.60. The molecule has 2 unspecified atom stereocenters. The minimum atomic E-state index is -3.99. The van der Waals surface area contributed by atoms with Crippen LogP contribution in [0.25, 0.3) is 4.72 Å². The predicted octanol–water partition coefficient (Wildman–Crippen LogP) is 4.86. The average Bonchev–Trinajstić information content (AvgIpc) is 3.40. The number of sulfonamides is 1. The largest absolute Gasteiger partial charge is 0.539 e. The zero-order valence-electron chi connectivity index (χ0n) is 19.9. The van der Waals surface area contributed by atoms with Gasteiger partial charge in [0.05, 0.1) is 27.4 Å². The van der Waals surface area contributed by atoms with Crippen LogP contribution in [0, 0.1) is 31.1 Å². The zero-order valence-corrected chi connectivity index (χ0v) is 21.5. The number of anilines is 1. The van der Waals surface area contributed by atoms with Gasteiger partial charge in [0, 0.05) is 5.69 Å². The molecule has 190 valence electrons. The van der Waals surface area contributed by atoms with Crippen LogP contribution in [-0.2, 0) is 20.4 Å². The van der Waals surface area contributed by atoms with Crippen LogP contribution in [0.15, 0.2) is 40.0 Å². The molecule has 0 spiro atoms. The molecule has 1 amide bonds. The number of hydrogen-bond donors (Lipinski definition) is 1. The molecule has 1 N–H and O–H groups in total. The summed E-state index contributed by atoms with van der Waals surface area (Å²) in [6.07, 6.45) is 7.19. The summed E-state index contributed by atoms with van der Waals surface area (Å²) in [6, 6.07) is 6.05. The first-order valence-corrected chi connectivity index (χ1v) is 13.8. The molecular formula is C24H26ClN6O4S-. The monoisotopic (exact) mass is 529 g/mol. The molecule has 2 atom stereocenters. The first-order valence-electron chi connectivity index (χ1n) is 12.0. The number of nitrogens with one attached hydrogen (secondary N) is 1. The van der Waals surface area contributed by atoms with E-state index >= 15 is 0 Å². The third kappa shape index (κ3) is 3.80. The minimum Gasteiger partial charge on any atom is -0.539 e. The fraction of sp³-hybridized carbons (Fsp3) is 0.500. The van der Waals surface area contributed by atoms with Gasteiger partial charge < -0.3 is 14.6 Å². The fourth-order valence-corrected chi connectivity index (χ4v) is 7.94. The number of aromatic nitrogens is 4. The Labute approximate surface area is 213 Å². The van der Waals surface area contributed by atoms with Crippen molar-refractivity contribution in [1.29, 1.82) is 0 Å². The van der Waals surface area contributed by atoms with E-state index < -0.39 is 15.4 Å². The normalized spacial score (nSPS) is 28.9. The molecular weight excluding hydrogens is 504 g/mol. The van der Waals surface area contributed by atoms with Crippen LogP contribution in [0.4, 0.5) is 11.6 Å². The Kier molecular flexibility index (Phi) is 5.24. The molecule has 2 heterocycles. The summed E-state index contributed by atoms with van der Waals surface area (Å²) in [5.74, 6) is 0.851. The highest BCUT2D eigenvalue weighted by molar-refractivity contribution is 7.94. The standard InChI is InChI=1S/C24H27ClN6O4S/c1-14-15(2)29-35-20(14)30-36(33,34)19-5-3-18(4-6-19)27-21(32)23-8-16-7-17(9-23)11-24(10-16,12-23)31-13-26-22(25)28-31/h3-6,13,16-17H,7-12H2,1-2H3,(H2,27,29,30,32)/p-1. The SMILES string of the molecule is Cc1noc([N-]S(=O)(=O)c2ccc(NC(=O)C34CC5CC(C3)CC(n3cnc(Cl)n3)(C5)C4)cc2)c1C. The molecule has 1 aromatic carbocycles. The highest BCUT2D eigenvalue weighted by atomic mass is 35.5. The van der Waals surface area contributed by atoms with E-state index in [0.717, 1.165) is 32.1 Å². The van der Waals surface area contributed by atoms with Crippen molar-refractivity contribution in [3.05, 3.63) is 51.9 Å². The Morgan fingerprint density at radius 2 is 1.86 bits per heavy atom. The van der Waals surface area contributed by atoms with Gasteiger partial charge in [-0.25, -0.2) is 18.1 Å². The van der Waals surface area contributed by atoms with Crippen LogP contribution in [0.1, 0.15) is 49.8 Å². The summed E-state index contributed by atoms with van der Waals surface area (Å²) < 4.78 is 36.1. The Morgan fingerprint density at radius 1 is 1.17 bits per heavy atom. The van der Waals surface area contributed by atoms with E-state index in [0.29, 0.717) is 35.2 Å². The molecule has 4 bridgehead atoms. The van der Waals surface area contributed by atoms with Gasteiger partial charge in [0.2, 0.25) is 11.2 Å². The molecule has 10 nitrogen and oxygen atoms in total. The molecule has 4 fully saturated rings. The smallest absolute Gasteiger partial charge is 0.242 e. The zero-order chi connectivity index (χ0) is 25.3. The summed E-state index contributed by atoms with van der Waals surface area (Å²) in [5, 5.41) is 11.4. The van der Waals surface area contributed by atoms with Crippen LogP contribution in [0.2, 0.25) is 5.28 Å². The second-order valence-corrected chi connectivity index (χ2v) is 12.6. The van der Waals surface area contributed by atoms with Gasteiger partial charge in [0.1, 0.15) is 16.4 Å². The number of halogens is 1. The van der Waals surface area contributed by atoms with Crippen molar-refractivity contribution in [3.63, 3.8) is 0 Å². The number of aryl methyl sites for hydroxylation is 1. The fourth-order valence-electron chi connectivity index (χ4n) is 6.84. The van der Waals surface area contributed by atoms with Crippen molar-refractivity contribution in [1.82, 2.24) is 19.9 Å². The van der Waals surface area contributed by atoms with Crippen LogP contribution in [0.3, 0.4) is 0 Å². The second-order valence-electron chi connectivity index (χ2n) is 10.7. The van der Waals surface area contributed by atoms with E-state index in [1.165, 1.54) is 12.1 Å². The highest BCUT2D eigenvalue weighted by Gasteiger charge is 2.61. The van der Waals surface area contributed by atoms with E-state index in [9.17, 15) is 13.2 Å². The Balaban J connectivity index is 1.20. The van der Waals surface area contributed by atoms with E-state index in [1.807, 2.05) is 4.68 Å². The molecule has 4 aliphatic carbocycles. The maximum Gasteiger partial charge on any atom is 0.242 e. The molecule has 4 aliphatic rings. The summed E-state index contributed by atoms with van der Waals surface area (Å²) in [4.78, 5) is 17.8. The topological polar surface area (TPSA) is 134 Å². The molecule has 2 aromatic heterocycles. The molecule has 36 heavy (non-hydrogen) atoms. The lowest BCUT2D eigenvalue weighted by molar-refractivity contribution is -0.150. The number of nitrogens with zero attached hydrogens (tertiary/aromatic N) is 5. The Bertz CT molecular complexity index is 1430. The van der Waals surface area contributed by atoms with Gasteiger partial charge in [0.25, 0.3) is 0 Å². The van der Waals surface area contributed by atoms with Crippen LogP contribution in [0.5, 0.6) is 0 Å². The first-order chi connectivity index (χ1) is 17.1.